The van der Waals surface area contributed by atoms with Crippen LogP contribution in [0.1, 0.15) is 24.0 Å². The number of amides is 1. The summed E-state index contributed by atoms with van der Waals surface area (Å²) in [4.78, 5) is 14.0. The van der Waals surface area contributed by atoms with Gasteiger partial charge in [0, 0.05) is 26.6 Å². The third-order valence-electron chi connectivity index (χ3n) is 4.23. The highest BCUT2D eigenvalue weighted by atomic mass is 32.2. The van der Waals surface area contributed by atoms with Crippen molar-refractivity contribution in [1.82, 2.24) is 4.90 Å². The van der Waals surface area contributed by atoms with Gasteiger partial charge in [-0.1, -0.05) is 29.8 Å². The molecule has 5 nitrogen and oxygen atoms in total. The van der Waals surface area contributed by atoms with Crippen LogP contribution in [0, 0.1) is 12.7 Å². The van der Waals surface area contributed by atoms with Gasteiger partial charge in [-0.25, -0.2) is 12.8 Å². The van der Waals surface area contributed by atoms with E-state index in [4.69, 9.17) is 0 Å². The van der Waals surface area contributed by atoms with Crippen molar-refractivity contribution in [1.29, 1.82) is 0 Å². The first kappa shape index (κ1) is 20.9. The summed E-state index contributed by atoms with van der Waals surface area (Å²) in [6, 6.07) is 13.2. The summed E-state index contributed by atoms with van der Waals surface area (Å²) in [5, 5.41) is 0. The Morgan fingerprint density at radius 1 is 1.04 bits per heavy atom. The highest BCUT2D eigenvalue weighted by molar-refractivity contribution is 7.92. The molecule has 0 radical (unpaired) electrons. The summed E-state index contributed by atoms with van der Waals surface area (Å²) in [5.41, 5.74) is 2.59. The molecule has 2 aromatic carbocycles. The second-order valence-electron chi connectivity index (χ2n) is 6.65. The molecule has 0 aliphatic carbocycles. The van der Waals surface area contributed by atoms with Crippen LogP contribution in [0.3, 0.4) is 0 Å². The van der Waals surface area contributed by atoms with Crippen LogP contribution in [0.5, 0.6) is 0 Å². The highest BCUT2D eigenvalue weighted by Gasteiger charge is 2.18. The molecule has 2 aromatic rings. The lowest BCUT2D eigenvalue weighted by Gasteiger charge is -2.23. The van der Waals surface area contributed by atoms with Crippen LogP contribution in [0.2, 0.25) is 0 Å². The summed E-state index contributed by atoms with van der Waals surface area (Å²) in [5.74, 6) is -0.483. The Hall–Kier alpha value is -2.41. The fourth-order valence-electron chi connectivity index (χ4n) is 2.71. The Kier molecular flexibility index (Phi) is 6.96. The number of aryl methyl sites for hydroxylation is 1. The number of benzene rings is 2. The molecule has 0 N–H and O–H groups in total. The summed E-state index contributed by atoms with van der Waals surface area (Å²) < 4.78 is 38.3. The zero-order valence-electron chi connectivity index (χ0n) is 15.9. The van der Waals surface area contributed by atoms with Gasteiger partial charge in [-0.3, -0.25) is 9.10 Å². The van der Waals surface area contributed by atoms with Gasteiger partial charge in [-0.2, -0.15) is 0 Å². The van der Waals surface area contributed by atoms with Gasteiger partial charge in [0.15, 0.2) is 0 Å². The molecule has 0 unspecified atom stereocenters. The molecule has 2 rings (SSSR count). The van der Waals surface area contributed by atoms with Gasteiger partial charge in [0.2, 0.25) is 15.9 Å². The lowest BCUT2D eigenvalue weighted by atomic mass is 10.1. The standard InChI is InChI=1S/C20H25FN2O3S/c1-16-6-8-17(9-7-16)15-22(2)20(24)5-4-14-23(27(3,25)26)19-12-10-18(21)11-13-19/h6-13H,4-5,14-15H2,1-3H3. The first-order chi connectivity index (χ1) is 12.7. The Labute approximate surface area is 160 Å². The van der Waals surface area contributed by atoms with Crippen molar-refractivity contribution in [2.75, 3.05) is 24.2 Å². The zero-order valence-corrected chi connectivity index (χ0v) is 16.7. The molecule has 0 saturated carbocycles. The van der Waals surface area contributed by atoms with Gasteiger partial charge in [-0.15, -0.1) is 0 Å². The van der Waals surface area contributed by atoms with E-state index in [1.165, 1.54) is 28.6 Å². The van der Waals surface area contributed by atoms with E-state index in [0.717, 1.165) is 17.4 Å². The number of sulfonamides is 1. The van der Waals surface area contributed by atoms with Gasteiger partial charge in [0.05, 0.1) is 11.9 Å². The van der Waals surface area contributed by atoms with Gasteiger partial charge in [0.25, 0.3) is 0 Å². The Morgan fingerprint density at radius 2 is 1.63 bits per heavy atom. The minimum absolute atomic E-state index is 0.0527. The number of hydrogen-bond donors (Lipinski definition) is 0. The molecule has 0 saturated heterocycles. The fraction of sp³-hybridized carbons (Fsp3) is 0.350. The van der Waals surface area contributed by atoms with Crippen LogP contribution in [-0.2, 0) is 21.4 Å². The molecule has 0 spiro atoms. The van der Waals surface area contributed by atoms with E-state index in [1.807, 2.05) is 31.2 Å². The molecule has 1 amide bonds. The second-order valence-corrected chi connectivity index (χ2v) is 8.56. The minimum Gasteiger partial charge on any atom is -0.341 e. The third kappa shape index (κ3) is 6.36. The second kappa shape index (κ2) is 8.99. The molecule has 146 valence electrons. The number of anilines is 1. The van der Waals surface area contributed by atoms with Gasteiger partial charge < -0.3 is 4.90 Å². The minimum atomic E-state index is -3.52. The molecule has 0 fully saturated rings. The van der Waals surface area contributed by atoms with Crippen LogP contribution in [0.25, 0.3) is 0 Å². The summed E-state index contributed by atoms with van der Waals surface area (Å²) in [6.45, 7) is 2.68. The van der Waals surface area contributed by atoms with Crippen LogP contribution in [-0.4, -0.2) is 39.1 Å². The van der Waals surface area contributed by atoms with Crippen molar-refractivity contribution in [3.63, 3.8) is 0 Å². The van der Waals surface area contributed by atoms with Crippen molar-refractivity contribution in [2.45, 2.75) is 26.3 Å². The quantitative estimate of drug-likeness (QED) is 0.692. The van der Waals surface area contributed by atoms with Gasteiger partial charge in [0.1, 0.15) is 5.82 Å². The predicted octanol–water partition coefficient (Wildman–Crippen LogP) is 3.34. The topological polar surface area (TPSA) is 57.7 Å². The van der Waals surface area contributed by atoms with Crippen molar-refractivity contribution in [2.24, 2.45) is 0 Å². The maximum Gasteiger partial charge on any atom is 0.232 e. The maximum absolute atomic E-state index is 13.1. The van der Waals surface area contributed by atoms with Crippen LogP contribution in [0.4, 0.5) is 10.1 Å². The number of carbonyl (C=O) groups is 1. The molecule has 0 atom stereocenters. The molecular formula is C20H25FN2O3S. The van der Waals surface area contributed by atoms with Gasteiger partial charge in [-0.05, 0) is 43.2 Å². The number of hydrogen-bond acceptors (Lipinski definition) is 3. The molecule has 7 heteroatoms. The predicted molar refractivity (Wildman–Crippen MR) is 105 cm³/mol. The van der Waals surface area contributed by atoms with Gasteiger partial charge >= 0.3 is 0 Å². The van der Waals surface area contributed by atoms with E-state index in [0.29, 0.717) is 18.7 Å². The van der Waals surface area contributed by atoms with E-state index in [1.54, 1.807) is 11.9 Å². The first-order valence-electron chi connectivity index (χ1n) is 8.69. The molecule has 0 aromatic heterocycles. The van der Waals surface area contributed by atoms with E-state index in [2.05, 4.69) is 0 Å². The van der Waals surface area contributed by atoms with Crippen LogP contribution >= 0.6 is 0 Å². The third-order valence-corrected chi connectivity index (χ3v) is 5.43. The average molecular weight is 392 g/mol. The van der Waals surface area contributed by atoms with Crippen molar-refractivity contribution >= 4 is 21.6 Å². The van der Waals surface area contributed by atoms with E-state index in [-0.39, 0.29) is 18.9 Å². The monoisotopic (exact) mass is 392 g/mol. The molecular weight excluding hydrogens is 367 g/mol. The van der Waals surface area contributed by atoms with E-state index in [9.17, 15) is 17.6 Å². The highest BCUT2D eigenvalue weighted by Crippen LogP contribution is 2.19. The molecule has 0 aliphatic rings. The van der Waals surface area contributed by atoms with E-state index < -0.39 is 15.8 Å². The number of nitrogens with zero attached hydrogens (tertiary/aromatic N) is 2. The summed E-state index contributed by atoms with van der Waals surface area (Å²) >= 11 is 0. The molecule has 0 heterocycles. The Bertz CT molecular complexity index is 865. The van der Waals surface area contributed by atoms with Crippen molar-refractivity contribution in [3.05, 3.63) is 65.5 Å². The van der Waals surface area contributed by atoms with Crippen molar-refractivity contribution in [3.8, 4) is 0 Å². The Balaban J connectivity index is 1.92. The summed E-state index contributed by atoms with van der Waals surface area (Å²) in [6.07, 6.45) is 1.71. The Morgan fingerprint density at radius 3 is 2.19 bits per heavy atom. The molecule has 0 bridgehead atoms. The average Bonchev–Trinajstić information content (AvgIpc) is 2.60. The van der Waals surface area contributed by atoms with Crippen LogP contribution in [0.15, 0.2) is 48.5 Å². The number of carbonyl (C=O) groups excluding carboxylic acids is 1. The van der Waals surface area contributed by atoms with E-state index >= 15 is 0 Å². The molecule has 0 aliphatic heterocycles. The lowest BCUT2D eigenvalue weighted by molar-refractivity contribution is -0.130. The van der Waals surface area contributed by atoms with Crippen LogP contribution < -0.4 is 4.31 Å². The fourth-order valence-corrected chi connectivity index (χ4v) is 3.68. The lowest BCUT2D eigenvalue weighted by Crippen LogP contribution is -2.32. The molecule has 27 heavy (non-hydrogen) atoms. The largest absolute Gasteiger partial charge is 0.341 e. The zero-order chi connectivity index (χ0) is 20.0. The maximum atomic E-state index is 13.1. The first-order valence-corrected chi connectivity index (χ1v) is 10.5. The normalized spacial score (nSPS) is 11.3. The summed E-state index contributed by atoms with van der Waals surface area (Å²) in [7, 11) is -1.78. The number of halogens is 1. The number of rotatable bonds is 8. The smallest absolute Gasteiger partial charge is 0.232 e. The SMILES string of the molecule is Cc1ccc(CN(C)C(=O)CCCN(c2ccc(F)cc2)S(C)(=O)=O)cc1. The van der Waals surface area contributed by atoms with Crippen molar-refractivity contribution < 1.29 is 17.6 Å².